The zero-order valence-corrected chi connectivity index (χ0v) is 12.5. The Morgan fingerprint density at radius 1 is 1.48 bits per heavy atom. The highest BCUT2D eigenvalue weighted by atomic mass is 16.2. The van der Waals surface area contributed by atoms with Gasteiger partial charge in [-0.1, -0.05) is 6.92 Å². The summed E-state index contributed by atoms with van der Waals surface area (Å²) < 4.78 is 1.94. The molecule has 0 saturated carbocycles. The Labute approximate surface area is 124 Å². The highest BCUT2D eigenvalue weighted by molar-refractivity contribution is 5.76. The molecule has 3 heterocycles. The monoisotopic (exact) mass is 287 g/mol. The van der Waals surface area contributed by atoms with Crippen molar-refractivity contribution >= 4 is 5.91 Å². The first-order valence-corrected chi connectivity index (χ1v) is 7.46. The molecule has 112 valence electrons. The zero-order valence-electron chi connectivity index (χ0n) is 12.5. The third kappa shape index (κ3) is 2.84. The van der Waals surface area contributed by atoms with Crippen molar-refractivity contribution in [3.8, 4) is 0 Å². The van der Waals surface area contributed by atoms with Crippen LogP contribution in [0.25, 0.3) is 0 Å². The van der Waals surface area contributed by atoms with Crippen molar-refractivity contribution in [2.45, 2.75) is 39.2 Å². The highest BCUT2D eigenvalue weighted by Crippen LogP contribution is 2.25. The molecule has 0 aromatic carbocycles. The standard InChI is InChI=1S/C15H21N5O/c1-3-13-16-5-7-19(13)10-14(21)20-6-4-12(9-20)15-17-8-11(2)18-15/h5,7-8,12H,3-4,6,9-10H2,1-2H3,(H,17,18)/t12-/m0/s1. The van der Waals surface area contributed by atoms with Gasteiger partial charge in [-0.15, -0.1) is 0 Å². The Balaban J connectivity index is 1.62. The van der Waals surface area contributed by atoms with Crippen LogP contribution in [0.4, 0.5) is 0 Å². The Bertz CT molecular complexity index is 630. The van der Waals surface area contributed by atoms with Gasteiger partial charge in [0.05, 0.1) is 0 Å². The molecule has 6 nitrogen and oxygen atoms in total. The van der Waals surface area contributed by atoms with Crippen molar-refractivity contribution < 1.29 is 4.79 Å². The van der Waals surface area contributed by atoms with Crippen LogP contribution < -0.4 is 0 Å². The van der Waals surface area contributed by atoms with Crippen molar-refractivity contribution in [3.63, 3.8) is 0 Å². The highest BCUT2D eigenvalue weighted by Gasteiger charge is 2.29. The number of imidazole rings is 2. The predicted octanol–water partition coefficient (Wildman–Crippen LogP) is 1.49. The number of likely N-dealkylation sites (tertiary alicyclic amines) is 1. The van der Waals surface area contributed by atoms with Gasteiger partial charge in [-0.05, 0) is 13.3 Å². The number of nitrogens with one attached hydrogen (secondary N) is 1. The molecule has 1 saturated heterocycles. The lowest BCUT2D eigenvalue weighted by molar-refractivity contribution is -0.130. The van der Waals surface area contributed by atoms with Crippen LogP contribution in [-0.4, -0.2) is 43.4 Å². The first-order valence-electron chi connectivity index (χ1n) is 7.46. The van der Waals surface area contributed by atoms with Crippen molar-refractivity contribution in [2.75, 3.05) is 13.1 Å². The van der Waals surface area contributed by atoms with E-state index in [0.29, 0.717) is 12.5 Å². The molecule has 0 aliphatic carbocycles. The fourth-order valence-corrected chi connectivity index (χ4v) is 2.89. The minimum absolute atomic E-state index is 0.161. The van der Waals surface area contributed by atoms with Crippen LogP contribution >= 0.6 is 0 Å². The molecule has 0 unspecified atom stereocenters. The summed E-state index contributed by atoms with van der Waals surface area (Å²) in [5.74, 6) is 2.45. The van der Waals surface area contributed by atoms with Gasteiger partial charge in [-0.25, -0.2) is 9.97 Å². The van der Waals surface area contributed by atoms with E-state index in [1.807, 2.05) is 28.8 Å². The number of aryl methyl sites for hydroxylation is 2. The Hall–Kier alpha value is -2.11. The molecule has 2 aromatic heterocycles. The first kappa shape index (κ1) is 13.9. The van der Waals surface area contributed by atoms with Crippen molar-refractivity contribution in [1.29, 1.82) is 0 Å². The van der Waals surface area contributed by atoms with E-state index in [9.17, 15) is 4.79 Å². The van der Waals surface area contributed by atoms with Gasteiger partial charge in [0.1, 0.15) is 18.2 Å². The van der Waals surface area contributed by atoms with E-state index in [1.54, 1.807) is 6.20 Å². The van der Waals surface area contributed by atoms with Gasteiger partial charge < -0.3 is 14.5 Å². The van der Waals surface area contributed by atoms with Crippen LogP contribution in [0.5, 0.6) is 0 Å². The van der Waals surface area contributed by atoms with E-state index in [4.69, 9.17) is 0 Å². The fraction of sp³-hybridized carbons (Fsp3) is 0.533. The number of rotatable bonds is 4. The van der Waals surface area contributed by atoms with Crippen LogP contribution in [0.3, 0.4) is 0 Å². The average Bonchev–Trinajstić information content (AvgIpc) is 3.17. The van der Waals surface area contributed by atoms with Gasteiger partial charge in [0.15, 0.2) is 0 Å². The molecule has 6 heteroatoms. The lowest BCUT2D eigenvalue weighted by atomic mass is 10.1. The van der Waals surface area contributed by atoms with E-state index in [1.165, 1.54) is 0 Å². The zero-order chi connectivity index (χ0) is 14.8. The van der Waals surface area contributed by atoms with E-state index in [0.717, 1.165) is 43.3 Å². The maximum atomic E-state index is 12.4. The number of aromatic nitrogens is 4. The van der Waals surface area contributed by atoms with Gasteiger partial charge in [0.25, 0.3) is 0 Å². The molecule has 3 rings (SSSR count). The lowest BCUT2D eigenvalue weighted by Crippen LogP contribution is -2.32. The SMILES string of the molecule is CCc1nccn1CC(=O)N1CC[C@H](c2ncc(C)[nH]2)C1. The summed E-state index contributed by atoms with van der Waals surface area (Å²) in [7, 11) is 0. The van der Waals surface area contributed by atoms with Crippen LogP contribution in [0.2, 0.25) is 0 Å². The summed E-state index contributed by atoms with van der Waals surface area (Å²) in [6.07, 6.45) is 7.29. The maximum Gasteiger partial charge on any atom is 0.242 e. The molecule has 1 fully saturated rings. The molecule has 1 aliphatic heterocycles. The van der Waals surface area contributed by atoms with E-state index >= 15 is 0 Å². The second-order valence-electron chi connectivity index (χ2n) is 5.60. The fourth-order valence-electron chi connectivity index (χ4n) is 2.89. The van der Waals surface area contributed by atoms with E-state index in [-0.39, 0.29) is 5.91 Å². The Morgan fingerprint density at radius 2 is 2.33 bits per heavy atom. The first-order chi connectivity index (χ1) is 10.2. The Kier molecular flexibility index (Phi) is 3.77. The minimum Gasteiger partial charge on any atom is -0.346 e. The van der Waals surface area contributed by atoms with Crippen molar-refractivity contribution in [1.82, 2.24) is 24.4 Å². The number of hydrogen-bond acceptors (Lipinski definition) is 3. The van der Waals surface area contributed by atoms with Crippen LogP contribution in [-0.2, 0) is 17.8 Å². The van der Waals surface area contributed by atoms with Gasteiger partial charge in [0.2, 0.25) is 5.91 Å². The lowest BCUT2D eigenvalue weighted by Gasteiger charge is -2.17. The van der Waals surface area contributed by atoms with Crippen LogP contribution in [0.15, 0.2) is 18.6 Å². The summed E-state index contributed by atoms with van der Waals surface area (Å²) in [4.78, 5) is 26.3. The third-order valence-corrected chi connectivity index (χ3v) is 4.07. The molecule has 0 radical (unpaired) electrons. The van der Waals surface area contributed by atoms with Gasteiger partial charge in [0, 0.05) is 49.7 Å². The van der Waals surface area contributed by atoms with E-state index in [2.05, 4.69) is 21.9 Å². The number of carbonyl (C=O) groups is 1. The second-order valence-corrected chi connectivity index (χ2v) is 5.60. The number of aromatic amines is 1. The molecule has 0 spiro atoms. The number of H-pyrrole nitrogens is 1. The predicted molar refractivity (Wildman–Crippen MR) is 78.9 cm³/mol. The third-order valence-electron chi connectivity index (χ3n) is 4.07. The molecule has 21 heavy (non-hydrogen) atoms. The van der Waals surface area contributed by atoms with Gasteiger partial charge >= 0.3 is 0 Å². The molecular formula is C15H21N5O. The summed E-state index contributed by atoms with van der Waals surface area (Å²) in [5, 5.41) is 0. The number of nitrogens with zero attached hydrogens (tertiary/aromatic N) is 4. The molecule has 1 aliphatic rings. The van der Waals surface area contributed by atoms with Gasteiger partial charge in [-0.2, -0.15) is 0 Å². The number of carbonyl (C=O) groups excluding carboxylic acids is 1. The molecular weight excluding hydrogens is 266 g/mol. The van der Waals surface area contributed by atoms with Gasteiger partial charge in [-0.3, -0.25) is 4.79 Å². The summed E-state index contributed by atoms with van der Waals surface area (Å²) in [6.45, 7) is 5.99. The van der Waals surface area contributed by atoms with Crippen molar-refractivity contribution in [3.05, 3.63) is 35.9 Å². The van der Waals surface area contributed by atoms with E-state index < -0.39 is 0 Å². The summed E-state index contributed by atoms with van der Waals surface area (Å²) in [6, 6.07) is 0. The molecule has 2 aromatic rings. The van der Waals surface area contributed by atoms with Crippen LogP contribution in [0, 0.1) is 6.92 Å². The Morgan fingerprint density at radius 3 is 3.05 bits per heavy atom. The summed E-state index contributed by atoms with van der Waals surface area (Å²) >= 11 is 0. The minimum atomic E-state index is 0.161. The second kappa shape index (κ2) is 5.71. The molecule has 0 bridgehead atoms. The number of hydrogen-bond donors (Lipinski definition) is 1. The van der Waals surface area contributed by atoms with Crippen molar-refractivity contribution in [2.24, 2.45) is 0 Å². The smallest absolute Gasteiger partial charge is 0.242 e. The normalized spacial score (nSPS) is 18.4. The molecule has 1 atom stereocenters. The summed E-state index contributed by atoms with van der Waals surface area (Å²) in [5.41, 5.74) is 1.07. The molecule has 1 amide bonds. The average molecular weight is 287 g/mol. The topological polar surface area (TPSA) is 66.8 Å². The largest absolute Gasteiger partial charge is 0.346 e. The quantitative estimate of drug-likeness (QED) is 0.926. The van der Waals surface area contributed by atoms with Crippen LogP contribution in [0.1, 0.15) is 36.6 Å². The maximum absolute atomic E-state index is 12.4. The molecule has 1 N–H and O–H groups in total. The number of amides is 1.